The van der Waals surface area contributed by atoms with Crippen LogP contribution in [0, 0.1) is 22.7 Å². The first kappa shape index (κ1) is 11.8. The Bertz CT molecular complexity index is 620. The predicted octanol–water partition coefficient (Wildman–Crippen LogP) is 2.01. The van der Waals surface area contributed by atoms with Crippen LogP contribution in [0.3, 0.4) is 0 Å². The quantitative estimate of drug-likeness (QED) is 0.814. The maximum absolute atomic E-state index is 8.86. The number of hydrogen-bond donors (Lipinski definition) is 0. The summed E-state index contributed by atoms with van der Waals surface area (Å²) in [6.45, 7) is 0. The van der Waals surface area contributed by atoms with Gasteiger partial charge in [-0.05, 0) is 18.4 Å². The summed E-state index contributed by atoms with van der Waals surface area (Å²) in [6, 6.07) is 13.8. The third kappa shape index (κ3) is 2.69. The molecule has 18 heavy (non-hydrogen) atoms. The van der Waals surface area contributed by atoms with Crippen LogP contribution in [0.1, 0.15) is 22.6 Å². The van der Waals surface area contributed by atoms with Crippen molar-refractivity contribution in [2.45, 2.75) is 12.8 Å². The number of hydrogen-bond acceptors (Lipinski definition) is 4. The van der Waals surface area contributed by atoms with Gasteiger partial charge in [0.05, 0.1) is 11.9 Å². The molecule has 0 amide bonds. The molecule has 0 bridgehead atoms. The molecule has 0 aliphatic heterocycles. The third-order valence-corrected chi connectivity index (χ3v) is 2.55. The van der Waals surface area contributed by atoms with Gasteiger partial charge in [0.2, 0.25) is 0 Å². The van der Waals surface area contributed by atoms with Gasteiger partial charge in [0.15, 0.2) is 11.4 Å². The minimum Gasteiger partial charge on any atom is -0.241 e. The standard InChI is InChI=1S/C14H10N4/c15-8-13-14(9-16)18-12(10-17-13)7-6-11-4-2-1-3-5-11/h1-5,10H,6-7H2. The molecule has 0 unspecified atom stereocenters. The predicted molar refractivity (Wildman–Crippen MR) is 65.3 cm³/mol. The molecule has 0 saturated heterocycles. The van der Waals surface area contributed by atoms with E-state index >= 15 is 0 Å². The minimum absolute atomic E-state index is 0.0842. The fourth-order valence-corrected chi connectivity index (χ4v) is 1.62. The van der Waals surface area contributed by atoms with Crippen molar-refractivity contribution in [2.24, 2.45) is 0 Å². The molecule has 0 N–H and O–H groups in total. The lowest BCUT2D eigenvalue weighted by molar-refractivity contribution is 0.890. The summed E-state index contributed by atoms with van der Waals surface area (Å²) < 4.78 is 0. The van der Waals surface area contributed by atoms with Crippen molar-refractivity contribution in [3.63, 3.8) is 0 Å². The topological polar surface area (TPSA) is 73.4 Å². The molecule has 0 spiro atoms. The summed E-state index contributed by atoms with van der Waals surface area (Å²) in [5.74, 6) is 0. The average Bonchev–Trinajstić information content (AvgIpc) is 2.45. The second-order valence-corrected chi connectivity index (χ2v) is 3.77. The first-order chi connectivity index (χ1) is 8.83. The molecule has 0 aliphatic carbocycles. The molecule has 0 aliphatic rings. The Morgan fingerprint density at radius 3 is 2.33 bits per heavy atom. The summed E-state index contributed by atoms with van der Waals surface area (Å²) in [5.41, 5.74) is 2.13. The van der Waals surface area contributed by atoms with Crippen molar-refractivity contribution in [2.75, 3.05) is 0 Å². The molecule has 4 heteroatoms. The van der Waals surface area contributed by atoms with Gasteiger partial charge in [-0.1, -0.05) is 30.3 Å². The van der Waals surface area contributed by atoms with E-state index in [9.17, 15) is 0 Å². The van der Waals surface area contributed by atoms with Crippen LogP contribution in [0.2, 0.25) is 0 Å². The molecule has 4 nitrogen and oxygen atoms in total. The SMILES string of the molecule is N#Cc1ncc(CCc2ccccc2)nc1C#N. The van der Waals surface area contributed by atoms with Gasteiger partial charge in [-0.25, -0.2) is 9.97 Å². The molecular weight excluding hydrogens is 224 g/mol. The van der Waals surface area contributed by atoms with E-state index in [1.807, 2.05) is 42.5 Å². The number of aromatic nitrogens is 2. The monoisotopic (exact) mass is 234 g/mol. The maximum Gasteiger partial charge on any atom is 0.177 e. The van der Waals surface area contributed by atoms with Crippen LogP contribution < -0.4 is 0 Å². The lowest BCUT2D eigenvalue weighted by atomic mass is 10.1. The highest BCUT2D eigenvalue weighted by Crippen LogP contribution is 2.07. The highest BCUT2D eigenvalue weighted by molar-refractivity contribution is 5.35. The number of nitrogens with zero attached hydrogens (tertiary/aromatic N) is 4. The number of nitriles is 2. The Morgan fingerprint density at radius 1 is 0.944 bits per heavy atom. The molecule has 1 heterocycles. The lowest BCUT2D eigenvalue weighted by Crippen LogP contribution is -2.01. The molecule has 1 aromatic carbocycles. The number of aryl methyl sites for hydroxylation is 2. The second kappa shape index (κ2) is 5.56. The minimum atomic E-state index is 0.0842. The van der Waals surface area contributed by atoms with Crippen LogP contribution in [0.15, 0.2) is 36.5 Å². The summed E-state index contributed by atoms with van der Waals surface area (Å²) >= 11 is 0. The molecule has 2 rings (SSSR count). The Morgan fingerprint density at radius 2 is 1.67 bits per heavy atom. The largest absolute Gasteiger partial charge is 0.241 e. The van der Waals surface area contributed by atoms with Crippen LogP contribution in [0.4, 0.5) is 0 Å². The van der Waals surface area contributed by atoms with Crippen molar-refractivity contribution < 1.29 is 0 Å². The van der Waals surface area contributed by atoms with E-state index in [2.05, 4.69) is 9.97 Å². The molecular formula is C14H10N4. The van der Waals surface area contributed by atoms with Crippen molar-refractivity contribution in [3.8, 4) is 12.1 Å². The van der Waals surface area contributed by atoms with E-state index in [0.717, 1.165) is 12.1 Å². The summed E-state index contributed by atoms with van der Waals surface area (Å²) in [6.07, 6.45) is 3.10. The van der Waals surface area contributed by atoms with Crippen molar-refractivity contribution >= 4 is 0 Å². The van der Waals surface area contributed by atoms with E-state index in [0.29, 0.717) is 6.42 Å². The van der Waals surface area contributed by atoms with E-state index < -0.39 is 0 Å². The smallest absolute Gasteiger partial charge is 0.177 e. The lowest BCUT2D eigenvalue weighted by Gasteiger charge is -2.02. The molecule has 86 valence electrons. The van der Waals surface area contributed by atoms with Crippen molar-refractivity contribution in [3.05, 3.63) is 59.2 Å². The van der Waals surface area contributed by atoms with E-state index in [4.69, 9.17) is 10.5 Å². The molecule has 0 atom stereocenters. The van der Waals surface area contributed by atoms with E-state index in [-0.39, 0.29) is 11.4 Å². The zero-order chi connectivity index (χ0) is 12.8. The highest BCUT2D eigenvalue weighted by atomic mass is 14.8. The van der Waals surface area contributed by atoms with Gasteiger partial charge in [0.25, 0.3) is 0 Å². The fraction of sp³-hybridized carbons (Fsp3) is 0.143. The molecule has 0 saturated carbocycles. The normalized spacial score (nSPS) is 9.44. The third-order valence-electron chi connectivity index (χ3n) is 2.55. The van der Waals surface area contributed by atoms with E-state index in [1.165, 1.54) is 5.56 Å². The van der Waals surface area contributed by atoms with Gasteiger partial charge in [0, 0.05) is 0 Å². The Labute approximate surface area is 105 Å². The Kier molecular flexibility index (Phi) is 3.63. The summed E-state index contributed by atoms with van der Waals surface area (Å²) in [5, 5.41) is 17.6. The Hall–Kier alpha value is -2.72. The van der Waals surface area contributed by atoms with Crippen LogP contribution in [-0.2, 0) is 12.8 Å². The zero-order valence-electron chi connectivity index (χ0n) is 9.67. The van der Waals surface area contributed by atoms with Crippen LogP contribution in [0.25, 0.3) is 0 Å². The van der Waals surface area contributed by atoms with Crippen molar-refractivity contribution in [1.82, 2.24) is 9.97 Å². The van der Waals surface area contributed by atoms with E-state index in [1.54, 1.807) is 6.20 Å². The van der Waals surface area contributed by atoms with Gasteiger partial charge in [-0.2, -0.15) is 10.5 Å². The molecule has 0 fully saturated rings. The van der Waals surface area contributed by atoms with Crippen LogP contribution in [0.5, 0.6) is 0 Å². The van der Waals surface area contributed by atoms with Gasteiger partial charge in [-0.15, -0.1) is 0 Å². The van der Waals surface area contributed by atoms with Gasteiger partial charge in [-0.3, -0.25) is 0 Å². The van der Waals surface area contributed by atoms with Gasteiger partial charge >= 0.3 is 0 Å². The Balaban J connectivity index is 2.12. The average molecular weight is 234 g/mol. The highest BCUT2D eigenvalue weighted by Gasteiger charge is 2.06. The molecule has 1 aromatic heterocycles. The van der Waals surface area contributed by atoms with Crippen LogP contribution in [-0.4, -0.2) is 9.97 Å². The summed E-state index contributed by atoms with van der Waals surface area (Å²) in [7, 11) is 0. The second-order valence-electron chi connectivity index (χ2n) is 3.77. The first-order valence-corrected chi connectivity index (χ1v) is 5.53. The molecule has 0 radical (unpaired) electrons. The van der Waals surface area contributed by atoms with Crippen molar-refractivity contribution in [1.29, 1.82) is 10.5 Å². The summed E-state index contributed by atoms with van der Waals surface area (Å²) in [4.78, 5) is 8.07. The fourth-order valence-electron chi connectivity index (χ4n) is 1.62. The van der Waals surface area contributed by atoms with Gasteiger partial charge in [0.1, 0.15) is 12.1 Å². The van der Waals surface area contributed by atoms with Crippen LogP contribution >= 0.6 is 0 Å². The maximum atomic E-state index is 8.86. The molecule has 2 aromatic rings. The number of rotatable bonds is 3. The van der Waals surface area contributed by atoms with Gasteiger partial charge < -0.3 is 0 Å². The first-order valence-electron chi connectivity index (χ1n) is 5.53. The number of benzene rings is 1. The zero-order valence-corrected chi connectivity index (χ0v) is 9.67.